The van der Waals surface area contributed by atoms with E-state index in [-0.39, 0.29) is 5.92 Å². The van der Waals surface area contributed by atoms with Crippen molar-refractivity contribution in [2.45, 2.75) is 18.8 Å². The maximum atomic E-state index is 13.8. The number of carbonyl (C=O) groups is 1. The molecule has 1 aromatic heterocycles. The number of hydrogen-bond acceptors (Lipinski definition) is 3. The molecule has 0 radical (unpaired) electrons. The van der Waals surface area contributed by atoms with Gasteiger partial charge < -0.3 is 4.90 Å². The van der Waals surface area contributed by atoms with Crippen LogP contribution >= 0.6 is 27.3 Å². The van der Waals surface area contributed by atoms with Gasteiger partial charge in [-0.2, -0.15) is 0 Å². The number of thiazole rings is 1. The molecule has 33 heavy (non-hydrogen) atoms. The van der Waals surface area contributed by atoms with Crippen molar-refractivity contribution in [3.63, 3.8) is 0 Å². The molecule has 1 saturated heterocycles. The summed E-state index contributed by atoms with van der Waals surface area (Å²) in [6, 6.07) is 7.82. The summed E-state index contributed by atoms with van der Waals surface area (Å²) in [5, 5.41) is 2.95. The Morgan fingerprint density at radius 2 is 1.67 bits per heavy atom. The average molecular weight is 543 g/mol. The third-order valence-corrected chi connectivity index (χ3v) is 6.94. The fraction of sp³-hybridized carbons (Fsp3) is 0.217. The number of aromatic nitrogens is 1. The lowest BCUT2D eigenvalue weighted by atomic mass is 9.97. The first-order valence-corrected chi connectivity index (χ1v) is 11.6. The lowest BCUT2D eigenvalue weighted by molar-refractivity contribution is -0.126. The molecule has 0 aliphatic carbocycles. The van der Waals surface area contributed by atoms with Crippen molar-refractivity contribution in [1.29, 1.82) is 0 Å². The molecule has 0 N–H and O–H groups in total. The highest BCUT2D eigenvalue weighted by Crippen LogP contribution is 2.33. The van der Waals surface area contributed by atoms with E-state index in [1.807, 2.05) is 29.6 Å². The van der Waals surface area contributed by atoms with E-state index in [1.54, 1.807) is 11.3 Å². The Kier molecular flexibility index (Phi) is 6.94. The molecule has 0 bridgehead atoms. The van der Waals surface area contributed by atoms with Gasteiger partial charge in [0.2, 0.25) is 11.7 Å². The summed E-state index contributed by atoms with van der Waals surface area (Å²) in [5.41, 5.74) is 0.732. The molecule has 1 aliphatic rings. The summed E-state index contributed by atoms with van der Waals surface area (Å²) in [6.45, 7) is 0.771. The van der Waals surface area contributed by atoms with E-state index in [0.717, 1.165) is 26.8 Å². The molecule has 1 aliphatic heterocycles. The highest BCUT2D eigenvalue weighted by atomic mass is 79.9. The van der Waals surface area contributed by atoms with Crippen LogP contribution in [0.1, 0.15) is 29.3 Å². The average Bonchev–Trinajstić information content (AvgIpc) is 3.32. The predicted octanol–water partition coefficient (Wildman–Crippen LogP) is 6.69. The smallest absolute Gasteiger partial charge is 0.246 e. The number of halogens is 6. The van der Waals surface area contributed by atoms with Crippen LogP contribution in [0.5, 0.6) is 0 Å². The van der Waals surface area contributed by atoms with Gasteiger partial charge in [-0.05, 0) is 31.1 Å². The third-order valence-electron chi connectivity index (χ3n) is 5.43. The van der Waals surface area contributed by atoms with E-state index in [9.17, 15) is 26.7 Å². The summed E-state index contributed by atoms with van der Waals surface area (Å²) in [5.74, 6) is -10.7. The van der Waals surface area contributed by atoms with E-state index in [4.69, 9.17) is 4.98 Å². The van der Waals surface area contributed by atoms with Gasteiger partial charge in [-0.15, -0.1) is 11.3 Å². The second-order valence-corrected chi connectivity index (χ2v) is 9.30. The topological polar surface area (TPSA) is 33.2 Å². The van der Waals surface area contributed by atoms with Gasteiger partial charge in [0.15, 0.2) is 23.3 Å². The fourth-order valence-electron chi connectivity index (χ4n) is 3.63. The van der Waals surface area contributed by atoms with Crippen molar-refractivity contribution in [3.05, 3.63) is 79.9 Å². The Hall–Kier alpha value is -2.59. The minimum Gasteiger partial charge on any atom is -0.339 e. The molecule has 2 heterocycles. The molecule has 3 nitrogen and oxygen atoms in total. The van der Waals surface area contributed by atoms with Gasteiger partial charge in [-0.3, -0.25) is 4.79 Å². The van der Waals surface area contributed by atoms with Gasteiger partial charge in [0.05, 0.1) is 16.3 Å². The van der Waals surface area contributed by atoms with Crippen molar-refractivity contribution in [3.8, 4) is 11.3 Å². The van der Waals surface area contributed by atoms with E-state index in [0.29, 0.717) is 32.0 Å². The Bertz CT molecular complexity index is 1210. The molecular formula is C23H16BrF5N2OS. The van der Waals surface area contributed by atoms with E-state index in [1.165, 1.54) is 4.90 Å². The molecule has 0 atom stereocenters. The highest BCUT2D eigenvalue weighted by molar-refractivity contribution is 9.10. The normalized spacial score (nSPS) is 14.9. The highest BCUT2D eigenvalue weighted by Gasteiger charge is 2.27. The minimum absolute atomic E-state index is 0.166. The number of nitrogens with zero attached hydrogens (tertiary/aromatic N) is 2. The van der Waals surface area contributed by atoms with Crippen LogP contribution in [-0.4, -0.2) is 28.9 Å². The van der Waals surface area contributed by atoms with Crippen LogP contribution in [0, 0.1) is 29.1 Å². The number of carbonyl (C=O) groups excluding carboxylic acids is 1. The number of hydrogen-bond donors (Lipinski definition) is 0. The van der Waals surface area contributed by atoms with Crippen LogP contribution in [0.4, 0.5) is 22.0 Å². The zero-order valence-corrected chi connectivity index (χ0v) is 19.3. The Labute approximate surface area is 198 Å². The number of likely N-dealkylation sites (tertiary alicyclic amines) is 1. The van der Waals surface area contributed by atoms with E-state index in [2.05, 4.69) is 15.9 Å². The number of rotatable bonds is 4. The van der Waals surface area contributed by atoms with Crippen molar-refractivity contribution < 1.29 is 26.7 Å². The van der Waals surface area contributed by atoms with Gasteiger partial charge in [0.25, 0.3) is 0 Å². The van der Waals surface area contributed by atoms with E-state index >= 15 is 0 Å². The minimum atomic E-state index is -2.24. The molecule has 172 valence electrons. The van der Waals surface area contributed by atoms with Crippen LogP contribution in [0.3, 0.4) is 0 Å². The van der Waals surface area contributed by atoms with Crippen molar-refractivity contribution in [2.24, 2.45) is 0 Å². The summed E-state index contributed by atoms with van der Waals surface area (Å²) in [6.07, 6.45) is 2.74. The number of amides is 1. The summed E-state index contributed by atoms with van der Waals surface area (Å²) >= 11 is 5.00. The standard InChI is InChI=1S/C23H16BrF5N2OS/c24-14-3-1-2-13(10-14)16-11-33-23(30-16)12-6-8-31(9-7-12)17(32)5-4-15-18(25)20(27)22(29)21(28)19(15)26/h1-5,10-12H,6-9H2/b5-4+. The van der Waals surface area contributed by atoms with Crippen molar-refractivity contribution in [2.75, 3.05) is 13.1 Å². The second-order valence-electron chi connectivity index (χ2n) is 7.50. The van der Waals surface area contributed by atoms with Crippen molar-refractivity contribution in [1.82, 2.24) is 9.88 Å². The largest absolute Gasteiger partial charge is 0.339 e. The van der Waals surface area contributed by atoms with Crippen LogP contribution in [-0.2, 0) is 4.79 Å². The third kappa shape index (κ3) is 4.86. The summed E-state index contributed by atoms with van der Waals surface area (Å²) in [7, 11) is 0. The molecule has 3 aromatic rings. The van der Waals surface area contributed by atoms with Crippen LogP contribution in [0.2, 0.25) is 0 Å². The Balaban J connectivity index is 1.40. The number of piperidine rings is 1. The molecule has 2 aromatic carbocycles. The van der Waals surface area contributed by atoms with Gasteiger partial charge in [-0.1, -0.05) is 28.1 Å². The Morgan fingerprint density at radius 3 is 2.30 bits per heavy atom. The molecule has 1 fully saturated rings. The molecule has 1 amide bonds. The molecule has 0 saturated carbocycles. The zero-order valence-electron chi connectivity index (χ0n) is 16.9. The molecular weight excluding hydrogens is 527 g/mol. The first-order valence-electron chi connectivity index (χ1n) is 9.96. The molecule has 4 rings (SSSR count). The molecule has 10 heteroatoms. The van der Waals surface area contributed by atoms with Gasteiger partial charge in [-0.25, -0.2) is 26.9 Å². The molecule has 0 unspecified atom stereocenters. The first-order chi connectivity index (χ1) is 15.8. The zero-order chi connectivity index (χ0) is 23.7. The maximum absolute atomic E-state index is 13.8. The SMILES string of the molecule is O=C(/C=C/c1c(F)c(F)c(F)c(F)c1F)N1CCC(c2nc(-c3cccc(Br)c3)cs2)CC1. The monoisotopic (exact) mass is 542 g/mol. The lowest BCUT2D eigenvalue weighted by Gasteiger charge is -2.30. The van der Waals surface area contributed by atoms with Gasteiger partial charge >= 0.3 is 0 Å². The van der Waals surface area contributed by atoms with Crippen molar-refractivity contribution >= 4 is 39.2 Å². The van der Waals surface area contributed by atoms with Crippen LogP contribution < -0.4 is 0 Å². The second kappa shape index (κ2) is 9.72. The first kappa shape index (κ1) is 23.6. The van der Waals surface area contributed by atoms with Crippen LogP contribution in [0.15, 0.2) is 40.2 Å². The maximum Gasteiger partial charge on any atom is 0.246 e. The predicted molar refractivity (Wildman–Crippen MR) is 119 cm³/mol. The quantitative estimate of drug-likeness (QED) is 0.159. The Morgan fingerprint density at radius 1 is 1.03 bits per heavy atom. The lowest BCUT2D eigenvalue weighted by Crippen LogP contribution is -2.36. The van der Waals surface area contributed by atoms with Gasteiger partial charge in [0, 0.05) is 40.5 Å². The van der Waals surface area contributed by atoms with Crippen LogP contribution in [0.25, 0.3) is 17.3 Å². The molecule has 0 spiro atoms. The summed E-state index contributed by atoms with van der Waals surface area (Å²) < 4.78 is 68.3. The summed E-state index contributed by atoms with van der Waals surface area (Å²) in [4.78, 5) is 18.6. The fourth-order valence-corrected chi connectivity index (χ4v) is 5.03. The number of benzene rings is 2. The van der Waals surface area contributed by atoms with Gasteiger partial charge in [0.1, 0.15) is 0 Å². The van der Waals surface area contributed by atoms with E-state index < -0.39 is 40.6 Å².